The quantitative estimate of drug-likeness (QED) is 0.807. The largest absolute Gasteiger partial charge is 0.497 e. The van der Waals surface area contributed by atoms with Crippen molar-refractivity contribution in [3.63, 3.8) is 0 Å². The van der Waals surface area contributed by atoms with Crippen LogP contribution in [0.5, 0.6) is 11.5 Å². The molecule has 0 aliphatic heterocycles. The molecule has 1 aromatic carbocycles. The summed E-state index contributed by atoms with van der Waals surface area (Å²) in [4.78, 5) is 11.7. The lowest BCUT2D eigenvalue weighted by molar-refractivity contribution is 0.0508. The van der Waals surface area contributed by atoms with Crippen LogP contribution in [0.3, 0.4) is 0 Å². The fraction of sp³-hybridized carbons (Fsp3) is 0.588. The van der Waals surface area contributed by atoms with Gasteiger partial charge >= 0.3 is 6.09 Å². The minimum Gasteiger partial charge on any atom is -0.497 e. The van der Waals surface area contributed by atoms with Gasteiger partial charge in [0.15, 0.2) is 0 Å². The van der Waals surface area contributed by atoms with Crippen molar-refractivity contribution in [2.24, 2.45) is 0 Å². The third kappa shape index (κ3) is 7.23. The Morgan fingerprint density at radius 1 is 1.22 bits per heavy atom. The summed E-state index contributed by atoms with van der Waals surface area (Å²) in [5.41, 5.74) is 0.502. The predicted molar refractivity (Wildman–Crippen MR) is 90.1 cm³/mol. The third-order valence-corrected chi connectivity index (χ3v) is 3.02. The van der Waals surface area contributed by atoms with Crippen molar-refractivity contribution in [2.45, 2.75) is 45.9 Å². The van der Waals surface area contributed by atoms with Crippen molar-refractivity contribution in [3.05, 3.63) is 23.8 Å². The van der Waals surface area contributed by atoms with E-state index in [0.717, 1.165) is 17.1 Å². The highest BCUT2D eigenvalue weighted by atomic mass is 16.6. The first-order valence-electron chi connectivity index (χ1n) is 7.66. The number of benzene rings is 1. The minimum absolute atomic E-state index is 0.0542. The van der Waals surface area contributed by atoms with E-state index in [0.29, 0.717) is 13.1 Å². The number of nitrogens with one attached hydrogen (secondary N) is 2. The molecule has 0 bridgehead atoms. The van der Waals surface area contributed by atoms with Crippen LogP contribution in [0.15, 0.2) is 18.2 Å². The lowest BCUT2D eigenvalue weighted by Gasteiger charge is -2.22. The summed E-state index contributed by atoms with van der Waals surface area (Å²) in [5, 5.41) is 6.08. The second-order valence-corrected chi connectivity index (χ2v) is 6.36. The number of hydrogen-bond acceptors (Lipinski definition) is 5. The summed E-state index contributed by atoms with van der Waals surface area (Å²) >= 11 is 0. The Balaban J connectivity index is 2.46. The summed E-state index contributed by atoms with van der Waals surface area (Å²) in [5.74, 6) is 1.58. The predicted octanol–water partition coefficient (Wildman–Crippen LogP) is 2.71. The standard InChI is InChI=1S/C17H28N2O4/c1-12(19-16(20)23-17(2,3)4)10-18-11-13-9-14(21-5)7-8-15(13)22-6/h7-9,12,18H,10-11H2,1-6H3,(H,19,20). The molecule has 0 spiro atoms. The molecule has 0 radical (unpaired) electrons. The van der Waals surface area contributed by atoms with Crippen LogP contribution >= 0.6 is 0 Å². The second-order valence-electron chi connectivity index (χ2n) is 6.36. The smallest absolute Gasteiger partial charge is 0.407 e. The number of alkyl carbamates (subject to hydrolysis) is 1. The van der Waals surface area contributed by atoms with Gasteiger partial charge in [-0.3, -0.25) is 0 Å². The number of carbonyl (C=O) groups is 1. The van der Waals surface area contributed by atoms with Crippen molar-refractivity contribution in [2.75, 3.05) is 20.8 Å². The van der Waals surface area contributed by atoms with Gasteiger partial charge in [-0.2, -0.15) is 0 Å². The van der Waals surface area contributed by atoms with Gasteiger partial charge in [-0.25, -0.2) is 4.79 Å². The maximum absolute atomic E-state index is 11.7. The van der Waals surface area contributed by atoms with Crippen LogP contribution in [0, 0.1) is 0 Å². The molecule has 2 N–H and O–H groups in total. The minimum atomic E-state index is -0.495. The maximum Gasteiger partial charge on any atom is 0.407 e. The van der Waals surface area contributed by atoms with Crippen LogP contribution in [-0.2, 0) is 11.3 Å². The highest BCUT2D eigenvalue weighted by molar-refractivity contribution is 5.68. The summed E-state index contributed by atoms with van der Waals surface area (Å²) in [6.45, 7) is 8.65. The van der Waals surface area contributed by atoms with Crippen LogP contribution in [0.1, 0.15) is 33.3 Å². The molecular formula is C17H28N2O4. The van der Waals surface area contributed by atoms with E-state index in [-0.39, 0.29) is 6.04 Å². The number of rotatable bonds is 7. The number of hydrogen-bond donors (Lipinski definition) is 2. The average Bonchev–Trinajstić information content (AvgIpc) is 2.44. The van der Waals surface area contributed by atoms with E-state index in [1.165, 1.54) is 0 Å². The highest BCUT2D eigenvalue weighted by Crippen LogP contribution is 2.23. The molecule has 6 nitrogen and oxygen atoms in total. The van der Waals surface area contributed by atoms with E-state index in [9.17, 15) is 4.79 Å². The van der Waals surface area contributed by atoms with Crippen LogP contribution in [-0.4, -0.2) is 38.5 Å². The van der Waals surface area contributed by atoms with Gasteiger partial charge in [-0.05, 0) is 45.9 Å². The molecule has 0 saturated carbocycles. The van der Waals surface area contributed by atoms with Crippen LogP contribution in [0.4, 0.5) is 4.79 Å². The fourth-order valence-electron chi connectivity index (χ4n) is 2.00. The van der Waals surface area contributed by atoms with Gasteiger partial charge in [0.25, 0.3) is 0 Å². The lowest BCUT2D eigenvalue weighted by atomic mass is 10.2. The molecule has 23 heavy (non-hydrogen) atoms. The van der Waals surface area contributed by atoms with E-state index in [1.54, 1.807) is 14.2 Å². The van der Waals surface area contributed by atoms with Crippen molar-refractivity contribution in [3.8, 4) is 11.5 Å². The van der Waals surface area contributed by atoms with Gasteiger partial charge in [0.2, 0.25) is 0 Å². The van der Waals surface area contributed by atoms with Gasteiger partial charge in [0.05, 0.1) is 14.2 Å². The molecule has 6 heteroatoms. The summed E-state index contributed by atoms with van der Waals surface area (Å²) in [6.07, 6.45) is -0.411. The van der Waals surface area contributed by atoms with Crippen molar-refractivity contribution in [1.82, 2.24) is 10.6 Å². The normalized spacial score (nSPS) is 12.4. The van der Waals surface area contributed by atoms with Crippen molar-refractivity contribution >= 4 is 6.09 Å². The lowest BCUT2D eigenvalue weighted by Crippen LogP contribution is -2.42. The van der Waals surface area contributed by atoms with Crippen LogP contribution in [0.25, 0.3) is 0 Å². The van der Waals surface area contributed by atoms with Gasteiger partial charge < -0.3 is 24.8 Å². The zero-order chi connectivity index (χ0) is 17.5. The average molecular weight is 324 g/mol. The molecule has 130 valence electrons. The Kier molecular flexibility index (Phi) is 7.16. The molecule has 0 aromatic heterocycles. The van der Waals surface area contributed by atoms with E-state index in [2.05, 4.69) is 10.6 Å². The Hall–Kier alpha value is -1.95. The van der Waals surface area contributed by atoms with Gasteiger partial charge in [0.1, 0.15) is 17.1 Å². The molecule has 1 atom stereocenters. The molecule has 1 rings (SSSR count). The van der Waals surface area contributed by atoms with E-state index in [4.69, 9.17) is 14.2 Å². The zero-order valence-electron chi connectivity index (χ0n) is 14.9. The van der Waals surface area contributed by atoms with Gasteiger partial charge in [-0.1, -0.05) is 0 Å². The van der Waals surface area contributed by atoms with Crippen LogP contribution in [0.2, 0.25) is 0 Å². The first kappa shape index (κ1) is 19.1. The van der Waals surface area contributed by atoms with E-state index in [1.807, 2.05) is 45.9 Å². The molecule has 1 unspecified atom stereocenters. The molecule has 0 heterocycles. The maximum atomic E-state index is 11.7. The first-order chi connectivity index (χ1) is 10.7. The second kappa shape index (κ2) is 8.62. The van der Waals surface area contributed by atoms with Gasteiger partial charge in [-0.15, -0.1) is 0 Å². The number of ether oxygens (including phenoxy) is 3. The third-order valence-electron chi connectivity index (χ3n) is 3.02. The first-order valence-corrected chi connectivity index (χ1v) is 7.66. The fourth-order valence-corrected chi connectivity index (χ4v) is 2.00. The Morgan fingerprint density at radius 2 is 1.91 bits per heavy atom. The van der Waals surface area contributed by atoms with E-state index >= 15 is 0 Å². The molecule has 1 amide bonds. The van der Waals surface area contributed by atoms with E-state index < -0.39 is 11.7 Å². The summed E-state index contributed by atoms with van der Waals surface area (Å²) in [7, 11) is 3.27. The molecule has 0 saturated heterocycles. The Bertz CT molecular complexity index is 512. The SMILES string of the molecule is COc1ccc(OC)c(CNCC(C)NC(=O)OC(C)(C)C)c1. The van der Waals surface area contributed by atoms with Crippen molar-refractivity contribution < 1.29 is 19.0 Å². The summed E-state index contributed by atoms with van der Waals surface area (Å²) in [6, 6.07) is 5.60. The molecule has 0 fully saturated rings. The van der Waals surface area contributed by atoms with Gasteiger partial charge in [0, 0.05) is 24.7 Å². The molecule has 0 aliphatic rings. The number of methoxy groups -OCH3 is 2. The number of carbonyl (C=O) groups excluding carboxylic acids is 1. The van der Waals surface area contributed by atoms with Crippen molar-refractivity contribution in [1.29, 1.82) is 0 Å². The molecule has 1 aromatic rings. The molecule has 0 aliphatic carbocycles. The topological polar surface area (TPSA) is 68.8 Å². The highest BCUT2D eigenvalue weighted by Gasteiger charge is 2.17. The molecular weight excluding hydrogens is 296 g/mol. The summed E-state index contributed by atoms with van der Waals surface area (Å²) < 4.78 is 15.8. The van der Waals surface area contributed by atoms with Crippen LogP contribution < -0.4 is 20.1 Å². The zero-order valence-corrected chi connectivity index (χ0v) is 14.9. The number of amides is 1. The Labute approximate surface area is 138 Å². The monoisotopic (exact) mass is 324 g/mol. The Morgan fingerprint density at radius 3 is 2.48 bits per heavy atom.